The van der Waals surface area contributed by atoms with Gasteiger partial charge in [-0.3, -0.25) is 4.79 Å². The zero-order valence-electron chi connectivity index (χ0n) is 11.3. The molecule has 0 bridgehead atoms. The van der Waals surface area contributed by atoms with Gasteiger partial charge in [0.25, 0.3) is 5.91 Å². The first-order valence-electron chi connectivity index (χ1n) is 5.70. The number of urea groups is 1. The van der Waals surface area contributed by atoms with E-state index >= 15 is 0 Å². The van der Waals surface area contributed by atoms with Crippen molar-refractivity contribution in [2.75, 3.05) is 32.9 Å². The number of nitrogens with zero attached hydrogens (tertiary/aromatic N) is 1. The van der Waals surface area contributed by atoms with E-state index in [1.54, 1.807) is 32.3 Å². The predicted molar refractivity (Wildman–Crippen MR) is 85.2 cm³/mol. The molecule has 0 fully saturated rings. The fourth-order valence-electron chi connectivity index (χ4n) is 1.34. The third kappa shape index (κ3) is 5.66. The van der Waals surface area contributed by atoms with Gasteiger partial charge in [-0.25, -0.2) is 4.79 Å². The minimum absolute atomic E-state index is 0. The Labute approximate surface area is 132 Å². The van der Waals surface area contributed by atoms with Gasteiger partial charge < -0.3 is 21.3 Å². The minimum atomic E-state index is -0.260. The van der Waals surface area contributed by atoms with E-state index in [4.69, 9.17) is 5.73 Å². The van der Waals surface area contributed by atoms with Crippen LogP contribution in [0.5, 0.6) is 0 Å². The molecule has 6 nitrogen and oxygen atoms in total. The molecule has 20 heavy (non-hydrogen) atoms. The molecule has 0 aliphatic rings. The lowest BCUT2D eigenvalue weighted by molar-refractivity contribution is 0.0954. The molecule has 0 spiro atoms. The molecule has 0 aliphatic heterocycles. The summed E-state index contributed by atoms with van der Waals surface area (Å²) >= 11 is 3.27. The average molecular weight is 366 g/mol. The molecule has 0 saturated carbocycles. The van der Waals surface area contributed by atoms with E-state index in [1.165, 1.54) is 4.90 Å². The first-order chi connectivity index (χ1) is 8.91. The van der Waals surface area contributed by atoms with Crippen molar-refractivity contribution in [3.63, 3.8) is 0 Å². The number of nitrogens with one attached hydrogen (secondary N) is 2. The molecular formula is C12H18BrClN4O2. The molecule has 1 rings (SSSR count). The number of benzene rings is 1. The summed E-state index contributed by atoms with van der Waals surface area (Å²) in [5.74, 6) is -0.260. The van der Waals surface area contributed by atoms with Crippen LogP contribution in [0.2, 0.25) is 0 Å². The second-order valence-electron chi connectivity index (χ2n) is 4.11. The zero-order chi connectivity index (χ0) is 14.4. The average Bonchev–Trinajstić information content (AvgIpc) is 2.33. The lowest BCUT2D eigenvalue weighted by Gasteiger charge is -2.12. The Kier molecular flexibility index (Phi) is 8.02. The molecule has 0 unspecified atom stereocenters. The molecule has 4 N–H and O–H groups in total. The highest BCUT2D eigenvalue weighted by atomic mass is 79.9. The normalized spacial score (nSPS) is 9.35. The Hall–Kier alpha value is -1.47. The lowest BCUT2D eigenvalue weighted by Crippen LogP contribution is -2.39. The largest absolute Gasteiger partial charge is 0.398 e. The van der Waals surface area contributed by atoms with Crippen molar-refractivity contribution in [3.8, 4) is 0 Å². The Balaban J connectivity index is 0.00000361. The van der Waals surface area contributed by atoms with E-state index in [9.17, 15) is 9.59 Å². The number of nitrogens with two attached hydrogens (primary N) is 1. The highest BCUT2D eigenvalue weighted by Gasteiger charge is 2.09. The summed E-state index contributed by atoms with van der Waals surface area (Å²) in [6, 6.07) is 4.87. The Bertz CT molecular complexity index is 483. The molecule has 112 valence electrons. The van der Waals surface area contributed by atoms with Gasteiger partial charge >= 0.3 is 6.03 Å². The second kappa shape index (κ2) is 8.65. The van der Waals surface area contributed by atoms with Crippen molar-refractivity contribution in [2.45, 2.75) is 0 Å². The number of amides is 3. The van der Waals surface area contributed by atoms with Crippen molar-refractivity contribution in [1.82, 2.24) is 15.5 Å². The van der Waals surface area contributed by atoms with E-state index < -0.39 is 0 Å². The molecule has 1 aromatic carbocycles. The van der Waals surface area contributed by atoms with E-state index in [-0.39, 0.29) is 24.3 Å². The number of anilines is 1. The van der Waals surface area contributed by atoms with Crippen LogP contribution in [-0.2, 0) is 0 Å². The fourth-order valence-corrected chi connectivity index (χ4v) is 1.72. The molecule has 0 aliphatic carbocycles. The van der Waals surface area contributed by atoms with Gasteiger partial charge in [-0.05, 0) is 18.2 Å². The molecule has 0 saturated heterocycles. The molecule has 8 heteroatoms. The fraction of sp³-hybridized carbons (Fsp3) is 0.333. The van der Waals surface area contributed by atoms with Crippen molar-refractivity contribution in [1.29, 1.82) is 0 Å². The van der Waals surface area contributed by atoms with Crippen molar-refractivity contribution in [2.24, 2.45) is 0 Å². The lowest BCUT2D eigenvalue weighted by atomic mass is 10.1. The SMILES string of the molecule is CN(C)C(=O)NCCNC(=O)c1ccc(Br)cc1N.Cl. The maximum Gasteiger partial charge on any atom is 0.316 e. The molecular weight excluding hydrogens is 348 g/mol. The summed E-state index contributed by atoms with van der Waals surface area (Å²) in [6.07, 6.45) is 0. The van der Waals surface area contributed by atoms with Crippen LogP contribution in [0.15, 0.2) is 22.7 Å². The molecule has 3 amide bonds. The molecule has 0 atom stereocenters. The second-order valence-corrected chi connectivity index (χ2v) is 5.03. The molecule has 0 radical (unpaired) electrons. The van der Waals surface area contributed by atoms with Gasteiger partial charge in [-0.1, -0.05) is 15.9 Å². The number of nitrogen functional groups attached to an aromatic ring is 1. The third-order valence-electron chi connectivity index (χ3n) is 2.35. The standard InChI is InChI=1S/C12H17BrN4O2.ClH/c1-17(2)12(19)16-6-5-15-11(18)9-4-3-8(13)7-10(9)14;/h3-4,7H,5-6,14H2,1-2H3,(H,15,18)(H,16,19);1H. The van der Waals surface area contributed by atoms with Crippen LogP contribution in [0.1, 0.15) is 10.4 Å². The van der Waals surface area contributed by atoms with E-state index in [1.807, 2.05) is 0 Å². The number of rotatable bonds is 4. The van der Waals surface area contributed by atoms with Gasteiger partial charge in [0.15, 0.2) is 0 Å². The maximum absolute atomic E-state index is 11.8. The van der Waals surface area contributed by atoms with Gasteiger partial charge in [0.05, 0.1) is 5.56 Å². The van der Waals surface area contributed by atoms with Gasteiger partial charge in [-0.2, -0.15) is 0 Å². The number of carbonyl (C=O) groups excluding carboxylic acids is 2. The van der Waals surface area contributed by atoms with Crippen LogP contribution in [0.3, 0.4) is 0 Å². The first-order valence-corrected chi connectivity index (χ1v) is 6.49. The topological polar surface area (TPSA) is 87.5 Å². The number of hydrogen-bond acceptors (Lipinski definition) is 3. The third-order valence-corrected chi connectivity index (χ3v) is 2.84. The smallest absolute Gasteiger partial charge is 0.316 e. The summed E-state index contributed by atoms with van der Waals surface area (Å²) in [7, 11) is 3.30. The van der Waals surface area contributed by atoms with Crippen LogP contribution in [0.25, 0.3) is 0 Å². The van der Waals surface area contributed by atoms with E-state index in [0.717, 1.165) is 4.47 Å². The van der Waals surface area contributed by atoms with Crippen molar-refractivity contribution < 1.29 is 9.59 Å². The number of hydrogen-bond donors (Lipinski definition) is 3. The number of halogens is 2. The van der Waals surface area contributed by atoms with E-state index in [2.05, 4.69) is 26.6 Å². The number of carbonyl (C=O) groups is 2. The van der Waals surface area contributed by atoms with Crippen LogP contribution in [0.4, 0.5) is 10.5 Å². The van der Waals surface area contributed by atoms with Gasteiger partial charge in [0, 0.05) is 37.3 Å². The van der Waals surface area contributed by atoms with Crippen molar-refractivity contribution in [3.05, 3.63) is 28.2 Å². The predicted octanol–water partition coefficient (Wildman–Crippen LogP) is 1.45. The quantitative estimate of drug-likeness (QED) is 0.557. The van der Waals surface area contributed by atoms with Crippen molar-refractivity contribution >= 4 is 46.0 Å². The summed E-state index contributed by atoms with van der Waals surface area (Å²) in [5.41, 5.74) is 6.57. The molecule has 0 aromatic heterocycles. The highest BCUT2D eigenvalue weighted by Crippen LogP contribution is 2.18. The monoisotopic (exact) mass is 364 g/mol. The summed E-state index contributed by atoms with van der Waals surface area (Å²) < 4.78 is 0.819. The van der Waals surface area contributed by atoms with E-state index in [0.29, 0.717) is 24.3 Å². The minimum Gasteiger partial charge on any atom is -0.398 e. The Morgan fingerprint density at radius 3 is 2.40 bits per heavy atom. The van der Waals surface area contributed by atoms with Gasteiger partial charge in [0.2, 0.25) is 0 Å². The first kappa shape index (κ1) is 18.5. The van der Waals surface area contributed by atoms with Crippen LogP contribution < -0.4 is 16.4 Å². The van der Waals surface area contributed by atoms with Crippen LogP contribution >= 0.6 is 28.3 Å². The summed E-state index contributed by atoms with van der Waals surface area (Å²) in [4.78, 5) is 24.5. The summed E-state index contributed by atoms with van der Waals surface area (Å²) in [5, 5.41) is 5.33. The highest BCUT2D eigenvalue weighted by molar-refractivity contribution is 9.10. The van der Waals surface area contributed by atoms with Gasteiger partial charge in [-0.15, -0.1) is 12.4 Å². The van der Waals surface area contributed by atoms with Crippen LogP contribution in [-0.4, -0.2) is 44.0 Å². The van der Waals surface area contributed by atoms with Gasteiger partial charge in [0.1, 0.15) is 0 Å². The maximum atomic E-state index is 11.8. The molecule has 0 heterocycles. The Morgan fingerprint density at radius 2 is 1.85 bits per heavy atom. The summed E-state index contributed by atoms with van der Waals surface area (Å²) in [6.45, 7) is 0.701. The van der Waals surface area contributed by atoms with Crippen LogP contribution in [0, 0.1) is 0 Å². The Morgan fingerprint density at radius 1 is 1.25 bits per heavy atom. The zero-order valence-corrected chi connectivity index (χ0v) is 13.7. The molecule has 1 aromatic rings.